The van der Waals surface area contributed by atoms with Crippen LogP contribution in [0.15, 0.2) is 82.4 Å². The molecular weight excluding hydrogens is 414 g/mol. The van der Waals surface area contributed by atoms with Crippen LogP contribution in [0.5, 0.6) is 0 Å². The molecule has 0 saturated heterocycles. The van der Waals surface area contributed by atoms with E-state index < -0.39 is 5.69 Å². The summed E-state index contributed by atoms with van der Waals surface area (Å²) >= 11 is 0. The Labute approximate surface area is 192 Å². The Morgan fingerprint density at radius 1 is 0.879 bits per heavy atom. The summed E-state index contributed by atoms with van der Waals surface area (Å²) in [7, 11) is 0. The normalized spacial score (nSPS) is 11.2. The Kier molecular flexibility index (Phi) is 6.27. The van der Waals surface area contributed by atoms with Crippen molar-refractivity contribution in [3.05, 3.63) is 110 Å². The number of hydrogen-bond donors (Lipinski definition) is 1. The predicted octanol–water partition coefficient (Wildman–Crippen LogP) is 4.28. The molecule has 3 aromatic carbocycles. The highest BCUT2D eigenvalue weighted by atomic mass is 16.2. The molecule has 1 amide bonds. The maximum atomic E-state index is 13.3. The van der Waals surface area contributed by atoms with E-state index in [4.69, 9.17) is 0 Å². The van der Waals surface area contributed by atoms with Gasteiger partial charge in [-0.05, 0) is 48.2 Å². The molecule has 0 fully saturated rings. The number of carbonyl (C=O) groups excluding carboxylic acids is 1. The van der Waals surface area contributed by atoms with Crippen LogP contribution in [0.4, 0.5) is 5.69 Å². The molecule has 0 bridgehead atoms. The zero-order valence-electron chi connectivity index (χ0n) is 19.0. The lowest BCUT2D eigenvalue weighted by Gasteiger charge is -2.14. The first-order valence-electron chi connectivity index (χ1n) is 11.0. The zero-order chi connectivity index (χ0) is 23.5. The highest BCUT2D eigenvalue weighted by Crippen LogP contribution is 2.17. The van der Waals surface area contributed by atoms with E-state index in [9.17, 15) is 14.4 Å². The van der Waals surface area contributed by atoms with Crippen molar-refractivity contribution in [2.24, 2.45) is 0 Å². The first-order chi connectivity index (χ1) is 15.8. The summed E-state index contributed by atoms with van der Waals surface area (Å²) < 4.78 is 2.56. The van der Waals surface area contributed by atoms with Crippen LogP contribution >= 0.6 is 0 Å². The first-order valence-corrected chi connectivity index (χ1v) is 11.0. The van der Waals surface area contributed by atoms with E-state index in [1.54, 1.807) is 24.3 Å². The maximum Gasteiger partial charge on any atom is 0.332 e. The monoisotopic (exact) mass is 441 g/mol. The number of carbonyl (C=O) groups is 1. The van der Waals surface area contributed by atoms with E-state index >= 15 is 0 Å². The largest absolute Gasteiger partial charge is 0.332 e. The minimum absolute atomic E-state index is 0.140. The molecule has 6 nitrogen and oxygen atoms in total. The number of nitrogens with one attached hydrogen (secondary N) is 1. The Hall–Kier alpha value is -3.93. The quantitative estimate of drug-likeness (QED) is 0.485. The molecule has 1 N–H and O–H groups in total. The third-order valence-electron chi connectivity index (χ3n) is 5.76. The summed E-state index contributed by atoms with van der Waals surface area (Å²) in [5, 5.41) is 3.25. The van der Waals surface area contributed by atoms with Gasteiger partial charge in [-0.25, -0.2) is 4.79 Å². The van der Waals surface area contributed by atoms with E-state index in [0.717, 1.165) is 11.1 Å². The highest BCUT2D eigenvalue weighted by molar-refractivity contribution is 5.91. The summed E-state index contributed by atoms with van der Waals surface area (Å²) in [6, 6.07) is 22.2. The van der Waals surface area contributed by atoms with Crippen molar-refractivity contribution < 1.29 is 4.79 Å². The second kappa shape index (κ2) is 9.28. The van der Waals surface area contributed by atoms with Crippen LogP contribution in [-0.2, 0) is 17.9 Å². The minimum atomic E-state index is -0.510. The molecule has 4 rings (SSSR count). The lowest BCUT2D eigenvalue weighted by Crippen LogP contribution is -2.42. The fraction of sp³-hybridized carbons (Fsp3) is 0.222. The van der Waals surface area contributed by atoms with Gasteiger partial charge in [0.1, 0.15) is 6.54 Å². The van der Waals surface area contributed by atoms with Crippen LogP contribution in [0.25, 0.3) is 10.9 Å². The molecule has 0 unspecified atom stereocenters. The van der Waals surface area contributed by atoms with Gasteiger partial charge >= 0.3 is 5.69 Å². The van der Waals surface area contributed by atoms with Crippen molar-refractivity contribution in [2.45, 2.75) is 39.8 Å². The van der Waals surface area contributed by atoms with Gasteiger partial charge in [-0.1, -0.05) is 67.9 Å². The van der Waals surface area contributed by atoms with Gasteiger partial charge in [0.2, 0.25) is 5.91 Å². The van der Waals surface area contributed by atoms with Crippen LogP contribution in [0.3, 0.4) is 0 Å². The van der Waals surface area contributed by atoms with Gasteiger partial charge in [0.05, 0.1) is 17.4 Å². The Bertz CT molecular complexity index is 1410. The van der Waals surface area contributed by atoms with E-state index in [-0.39, 0.29) is 24.6 Å². The molecule has 168 valence electrons. The summed E-state index contributed by atoms with van der Waals surface area (Å²) in [5.41, 5.74) is 3.35. The van der Waals surface area contributed by atoms with Crippen molar-refractivity contribution in [3.8, 4) is 0 Å². The van der Waals surface area contributed by atoms with E-state index in [0.29, 0.717) is 22.5 Å². The molecule has 0 aliphatic heterocycles. The maximum absolute atomic E-state index is 13.3. The van der Waals surface area contributed by atoms with Gasteiger partial charge in [0, 0.05) is 5.69 Å². The fourth-order valence-corrected chi connectivity index (χ4v) is 3.83. The van der Waals surface area contributed by atoms with Gasteiger partial charge in [-0.3, -0.25) is 18.7 Å². The van der Waals surface area contributed by atoms with Crippen molar-refractivity contribution in [3.63, 3.8) is 0 Å². The van der Waals surface area contributed by atoms with Crippen LogP contribution in [-0.4, -0.2) is 15.0 Å². The first kappa shape index (κ1) is 22.3. The second-order valence-electron chi connectivity index (χ2n) is 8.59. The minimum Gasteiger partial charge on any atom is -0.325 e. The number of anilines is 1. The van der Waals surface area contributed by atoms with E-state index in [1.165, 1.54) is 14.7 Å². The van der Waals surface area contributed by atoms with Crippen LogP contribution in [0.2, 0.25) is 0 Å². The van der Waals surface area contributed by atoms with Crippen molar-refractivity contribution >= 4 is 22.5 Å². The second-order valence-corrected chi connectivity index (χ2v) is 8.59. The number of fused-ring (bicyclic) bond motifs is 1. The molecule has 1 aromatic heterocycles. The van der Waals surface area contributed by atoms with E-state index in [1.807, 2.05) is 55.5 Å². The zero-order valence-corrected chi connectivity index (χ0v) is 19.0. The van der Waals surface area contributed by atoms with Crippen LogP contribution in [0, 0.1) is 6.92 Å². The van der Waals surface area contributed by atoms with Crippen molar-refractivity contribution in [1.82, 2.24) is 9.13 Å². The van der Waals surface area contributed by atoms with E-state index in [2.05, 4.69) is 19.2 Å². The molecule has 0 saturated carbocycles. The number of benzene rings is 3. The van der Waals surface area contributed by atoms with Gasteiger partial charge in [-0.2, -0.15) is 0 Å². The summed E-state index contributed by atoms with van der Waals surface area (Å²) in [6.45, 7) is 6.14. The molecule has 1 heterocycles. The van der Waals surface area contributed by atoms with Gasteiger partial charge in [-0.15, -0.1) is 0 Å². The number of amides is 1. The smallest absolute Gasteiger partial charge is 0.325 e. The SMILES string of the molecule is Cc1ccc(Cn2c(=O)c3ccccc3n(CC(=O)Nc3ccc(C(C)C)cc3)c2=O)cc1. The number of aryl methyl sites for hydroxylation is 1. The summed E-state index contributed by atoms with van der Waals surface area (Å²) in [4.78, 5) is 39.2. The molecule has 6 heteroatoms. The van der Waals surface area contributed by atoms with Crippen molar-refractivity contribution in [2.75, 3.05) is 5.32 Å². The Morgan fingerprint density at radius 2 is 1.55 bits per heavy atom. The fourth-order valence-electron chi connectivity index (χ4n) is 3.83. The summed E-state index contributed by atoms with van der Waals surface area (Å²) in [6.07, 6.45) is 0. The van der Waals surface area contributed by atoms with Crippen molar-refractivity contribution in [1.29, 1.82) is 0 Å². The van der Waals surface area contributed by atoms with Crippen LogP contribution < -0.4 is 16.6 Å². The number of rotatable bonds is 6. The molecule has 33 heavy (non-hydrogen) atoms. The molecule has 0 radical (unpaired) electrons. The van der Waals surface area contributed by atoms with Gasteiger partial charge in [0.15, 0.2) is 0 Å². The highest BCUT2D eigenvalue weighted by Gasteiger charge is 2.16. The van der Waals surface area contributed by atoms with Gasteiger partial charge in [0.25, 0.3) is 5.56 Å². The molecule has 0 aliphatic carbocycles. The number of aromatic nitrogens is 2. The summed E-state index contributed by atoms with van der Waals surface area (Å²) in [5.74, 6) is 0.0642. The number of nitrogens with zero attached hydrogens (tertiary/aromatic N) is 2. The molecular formula is C27H27N3O3. The third-order valence-corrected chi connectivity index (χ3v) is 5.76. The number of para-hydroxylation sites is 1. The molecule has 0 atom stereocenters. The predicted molar refractivity (Wildman–Crippen MR) is 132 cm³/mol. The molecule has 0 spiro atoms. The van der Waals surface area contributed by atoms with Crippen LogP contribution in [0.1, 0.15) is 36.5 Å². The topological polar surface area (TPSA) is 73.1 Å². The lowest BCUT2D eigenvalue weighted by atomic mass is 10.0. The standard InChI is InChI=1S/C27H27N3O3/c1-18(2)21-12-14-22(15-13-21)28-25(31)17-29-24-7-5-4-6-23(24)26(32)30(27(29)33)16-20-10-8-19(3)9-11-20/h4-15,18H,16-17H2,1-3H3,(H,28,31). The lowest BCUT2D eigenvalue weighted by molar-refractivity contribution is -0.116. The molecule has 0 aliphatic rings. The Morgan fingerprint density at radius 3 is 2.21 bits per heavy atom. The third kappa shape index (κ3) is 4.80. The average Bonchev–Trinajstić information content (AvgIpc) is 2.81. The number of hydrogen-bond acceptors (Lipinski definition) is 3. The average molecular weight is 442 g/mol. The molecule has 4 aromatic rings. The Balaban J connectivity index is 1.69. The van der Waals surface area contributed by atoms with Gasteiger partial charge < -0.3 is 5.32 Å².